The highest BCUT2D eigenvalue weighted by atomic mass is 16.5. The molecular weight excluding hydrogens is 270 g/mol. The molecule has 6 heteroatoms. The number of hydrogen-bond acceptors (Lipinski definition) is 4. The van der Waals surface area contributed by atoms with Gasteiger partial charge in [-0.1, -0.05) is 0 Å². The minimum absolute atomic E-state index is 0.0462. The van der Waals surface area contributed by atoms with Crippen LogP contribution >= 0.6 is 0 Å². The number of imidazole rings is 1. The van der Waals surface area contributed by atoms with Gasteiger partial charge in [0.1, 0.15) is 5.65 Å². The van der Waals surface area contributed by atoms with Crippen molar-refractivity contribution < 1.29 is 14.6 Å². The summed E-state index contributed by atoms with van der Waals surface area (Å²) in [6, 6.07) is 8.30. The minimum atomic E-state index is -0.496. The van der Waals surface area contributed by atoms with E-state index in [1.165, 1.54) is 7.11 Å². The van der Waals surface area contributed by atoms with Crippen LogP contribution in [-0.4, -0.2) is 27.5 Å². The Morgan fingerprint density at radius 1 is 1.33 bits per heavy atom. The fraction of sp³-hybridized carbons (Fsp3) is 0.0667. The van der Waals surface area contributed by atoms with Crippen LogP contribution in [0.4, 0.5) is 0 Å². The minimum Gasteiger partial charge on any atom is -0.504 e. The molecule has 0 bridgehead atoms. The lowest BCUT2D eigenvalue weighted by atomic mass is 10.1. The molecule has 2 heterocycles. The van der Waals surface area contributed by atoms with Crippen molar-refractivity contribution in [1.82, 2.24) is 9.38 Å². The summed E-state index contributed by atoms with van der Waals surface area (Å²) in [5.74, 6) is -0.0486. The first-order chi connectivity index (χ1) is 10.1. The van der Waals surface area contributed by atoms with E-state index in [2.05, 4.69) is 4.98 Å². The number of phenolic OH excluding ortho intramolecular Hbond substituents is 1. The summed E-state index contributed by atoms with van der Waals surface area (Å²) < 4.78 is 6.79. The van der Waals surface area contributed by atoms with Crippen LogP contribution in [0, 0.1) is 0 Å². The maximum atomic E-state index is 11.2. The molecule has 106 valence electrons. The summed E-state index contributed by atoms with van der Waals surface area (Å²) in [7, 11) is 1.49. The van der Waals surface area contributed by atoms with Crippen LogP contribution in [0.25, 0.3) is 16.9 Å². The quantitative estimate of drug-likeness (QED) is 0.767. The molecule has 6 nitrogen and oxygen atoms in total. The van der Waals surface area contributed by atoms with Crippen LogP contribution in [0.15, 0.2) is 42.7 Å². The van der Waals surface area contributed by atoms with E-state index in [9.17, 15) is 9.90 Å². The second-order valence-electron chi connectivity index (χ2n) is 4.56. The van der Waals surface area contributed by atoms with Crippen LogP contribution in [0.1, 0.15) is 10.4 Å². The highest BCUT2D eigenvalue weighted by Crippen LogP contribution is 2.31. The number of rotatable bonds is 3. The van der Waals surface area contributed by atoms with E-state index in [4.69, 9.17) is 10.5 Å². The van der Waals surface area contributed by atoms with Crippen molar-refractivity contribution in [3.8, 4) is 22.8 Å². The number of hydrogen-bond donors (Lipinski definition) is 2. The van der Waals surface area contributed by atoms with Crippen LogP contribution in [0.3, 0.4) is 0 Å². The summed E-state index contributed by atoms with van der Waals surface area (Å²) in [5.41, 5.74) is 7.68. The van der Waals surface area contributed by atoms with Gasteiger partial charge in [0.05, 0.1) is 12.8 Å². The van der Waals surface area contributed by atoms with Crippen molar-refractivity contribution in [1.29, 1.82) is 0 Å². The third-order valence-corrected chi connectivity index (χ3v) is 3.22. The van der Waals surface area contributed by atoms with E-state index < -0.39 is 5.91 Å². The number of phenols is 1. The smallest absolute Gasteiger partial charge is 0.248 e. The van der Waals surface area contributed by atoms with Crippen LogP contribution in [-0.2, 0) is 0 Å². The number of nitrogens with zero attached hydrogens (tertiary/aromatic N) is 2. The van der Waals surface area contributed by atoms with Gasteiger partial charge in [0, 0.05) is 23.5 Å². The molecule has 3 aromatic rings. The van der Waals surface area contributed by atoms with E-state index in [1.807, 2.05) is 0 Å². The van der Waals surface area contributed by atoms with Gasteiger partial charge in [-0.25, -0.2) is 4.98 Å². The van der Waals surface area contributed by atoms with Crippen molar-refractivity contribution in [3.63, 3.8) is 0 Å². The van der Waals surface area contributed by atoms with Gasteiger partial charge in [-0.3, -0.25) is 4.79 Å². The molecule has 0 saturated heterocycles. The zero-order valence-electron chi connectivity index (χ0n) is 11.3. The molecule has 21 heavy (non-hydrogen) atoms. The Morgan fingerprint density at radius 3 is 2.81 bits per heavy atom. The van der Waals surface area contributed by atoms with E-state index in [1.54, 1.807) is 47.1 Å². The summed E-state index contributed by atoms with van der Waals surface area (Å²) in [6.07, 6.45) is 3.52. The Kier molecular flexibility index (Phi) is 2.98. The monoisotopic (exact) mass is 283 g/mol. The number of aromatic hydroxyl groups is 1. The summed E-state index contributed by atoms with van der Waals surface area (Å²) in [6.45, 7) is 0. The van der Waals surface area contributed by atoms with E-state index in [-0.39, 0.29) is 5.75 Å². The number of fused-ring (bicyclic) bond motifs is 1. The first-order valence-electron chi connectivity index (χ1n) is 6.24. The lowest BCUT2D eigenvalue weighted by molar-refractivity contribution is 0.100. The van der Waals surface area contributed by atoms with Gasteiger partial charge in [0.2, 0.25) is 5.91 Å². The number of amides is 1. The van der Waals surface area contributed by atoms with Gasteiger partial charge in [-0.15, -0.1) is 0 Å². The molecule has 0 aliphatic rings. The predicted octanol–water partition coefficient (Wildman–Crippen LogP) is 1.81. The lowest BCUT2D eigenvalue weighted by Gasteiger charge is -2.04. The Labute approximate surface area is 120 Å². The molecule has 0 aliphatic carbocycles. The predicted molar refractivity (Wildman–Crippen MR) is 77.4 cm³/mol. The van der Waals surface area contributed by atoms with Gasteiger partial charge in [-0.05, 0) is 30.3 Å². The average molecular weight is 283 g/mol. The summed E-state index contributed by atoms with van der Waals surface area (Å²) in [5, 5.41) is 9.82. The van der Waals surface area contributed by atoms with Gasteiger partial charge in [0.25, 0.3) is 0 Å². The topological polar surface area (TPSA) is 89.9 Å². The van der Waals surface area contributed by atoms with Gasteiger partial charge in [-0.2, -0.15) is 0 Å². The fourth-order valence-electron chi connectivity index (χ4n) is 2.12. The SMILES string of the molecule is COc1ccc(-c2cn3ccc(C(N)=O)cc3n2)cc1O. The van der Waals surface area contributed by atoms with Gasteiger partial charge >= 0.3 is 0 Å². The molecule has 1 aromatic carbocycles. The number of methoxy groups -OCH3 is 1. The summed E-state index contributed by atoms with van der Waals surface area (Å²) in [4.78, 5) is 15.6. The Balaban J connectivity index is 2.08. The molecule has 0 fully saturated rings. The highest BCUT2D eigenvalue weighted by molar-refractivity contribution is 5.93. The molecule has 0 saturated carbocycles. The molecular formula is C15H13N3O3. The molecule has 0 unspecified atom stereocenters. The van der Waals surface area contributed by atoms with E-state index in [0.29, 0.717) is 22.7 Å². The average Bonchev–Trinajstić information content (AvgIpc) is 2.89. The van der Waals surface area contributed by atoms with Crippen molar-refractivity contribution in [2.75, 3.05) is 7.11 Å². The van der Waals surface area contributed by atoms with E-state index in [0.717, 1.165) is 5.56 Å². The largest absolute Gasteiger partial charge is 0.504 e. The van der Waals surface area contributed by atoms with Crippen molar-refractivity contribution in [3.05, 3.63) is 48.3 Å². The number of benzene rings is 1. The zero-order valence-corrected chi connectivity index (χ0v) is 11.3. The van der Waals surface area contributed by atoms with Crippen molar-refractivity contribution >= 4 is 11.6 Å². The van der Waals surface area contributed by atoms with Crippen molar-refractivity contribution in [2.45, 2.75) is 0 Å². The Hall–Kier alpha value is -3.02. The van der Waals surface area contributed by atoms with Crippen LogP contribution in [0.2, 0.25) is 0 Å². The fourth-order valence-corrected chi connectivity index (χ4v) is 2.12. The van der Waals surface area contributed by atoms with Crippen LogP contribution in [0.5, 0.6) is 11.5 Å². The molecule has 3 rings (SSSR count). The molecule has 3 N–H and O–H groups in total. The van der Waals surface area contributed by atoms with Crippen LogP contribution < -0.4 is 10.5 Å². The number of carbonyl (C=O) groups excluding carboxylic acids is 1. The third kappa shape index (κ3) is 2.27. The standard InChI is InChI=1S/C15H13N3O3/c1-21-13-3-2-9(6-12(13)19)11-8-18-5-4-10(15(16)20)7-14(18)17-11/h2-8,19H,1H3,(H2,16,20). The Morgan fingerprint density at radius 2 is 2.14 bits per heavy atom. The molecule has 0 aliphatic heterocycles. The third-order valence-electron chi connectivity index (χ3n) is 3.22. The van der Waals surface area contributed by atoms with Gasteiger partial charge < -0.3 is 20.0 Å². The number of nitrogens with two attached hydrogens (primary N) is 1. The molecule has 0 atom stereocenters. The summed E-state index contributed by atoms with van der Waals surface area (Å²) >= 11 is 0. The number of aromatic nitrogens is 2. The first-order valence-corrected chi connectivity index (χ1v) is 6.24. The molecule has 0 spiro atoms. The normalized spacial score (nSPS) is 10.7. The lowest BCUT2D eigenvalue weighted by Crippen LogP contribution is -2.10. The second-order valence-corrected chi connectivity index (χ2v) is 4.56. The van der Waals surface area contributed by atoms with Crippen molar-refractivity contribution in [2.24, 2.45) is 5.73 Å². The van der Waals surface area contributed by atoms with E-state index >= 15 is 0 Å². The number of pyridine rings is 1. The highest BCUT2D eigenvalue weighted by Gasteiger charge is 2.09. The first kappa shape index (κ1) is 13.0. The molecule has 0 radical (unpaired) electrons. The second kappa shape index (κ2) is 4.82. The molecule has 1 amide bonds. The maximum absolute atomic E-state index is 11.2. The number of ether oxygens (including phenoxy) is 1. The molecule has 2 aromatic heterocycles. The van der Waals surface area contributed by atoms with Gasteiger partial charge in [0.15, 0.2) is 11.5 Å². The zero-order chi connectivity index (χ0) is 15.0. The number of primary amides is 1. The Bertz CT molecular complexity index is 839. The maximum Gasteiger partial charge on any atom is 0.248 e. The number of carbonyl (C=O) groups is 1.